The summed E-state index contributed by atoms with van der Waals surface area (Å²) in [5.41, 5.74) is 7.17. The number of aromatic amines is 2. The summed E-state index contributed by atoms with van der Waals surface area (Å²) in [4.78, 5) is 23.8. The molecule has 0 saturated carbocycles. The molecule has 5 aromatic rings. The molecule has 0 unspecified atom stereocenters. The lowest BCUT2D eigenvalue weighted by atomic mass is 10.0. The molecule has 5 heteroatoms. The van der Waals surface area contributed by atoms with Crippen LogP contribution in [0.4, 0.5) is 5.69 Å². The highest BCUT2D eigenvalue weighted by Crippen LogP contribution is 2.40. The van der Waals surface area contributed by atoms with Gasteiger partial charge in [0.25, 0.3) is 0 Å². The Morgan fingerprint density at radius 1 is 0.852 bits per heavy atom. The summed E-state index contributed by atoms with van der Waals surface area (Å²) in [6.07, 6.45) is 3.85. The van der Waals surface area contributed by atoms with Crippen LogP contribution in [0, 0.1) is 0 Å². The lowest BCUT2D eigenvalue weighted by Gasteiger charge is -2.10. The van der Waals surface area contributed by atoms with Gasteiger partial charge in [0.15, 0.2) is 0 Å². The van der Waals surface area contributed by atoms with E-state index in [-0.39, 0.29) is 5.69 Å². The van der Waals surface area contributed by atoms with E-state index in [4.69, 9.17) is 4.99 Å². The molecule has 0 atom stereocenters. The van der Waals surface area contributed by atoms with Gasteiger partial charge in [0.05, 0.1) is 22.4 Å². The molecule has 2 aromatic heterocycles. The number of aromatic nitrogens is 3. The van der Waals surface area contributed by atoms with E-state index in [1.165, 1.54) is 0 Å². The van der Waals surface area contributed by atoms with Crippen molar-refractivity contribution in [3.8, 4) is 16.8 Å². The molecule has 0 aliphatic carbocycles. The Bertz CT molecular complexity index is 1450. The van der Waals surface area contributed by atoms with Crippen LogP contribution < -0.4 is 5.69 Å². The molecular formula is C22H14N4O. The van der Waals surface area contributed by atoms with E-state index in [1.54, 1.807) is 4.57 Å². The fourth-order valence-electron chi connectivity index (χ4n) is 4.01. The molecule has 2 N–H and O–H groups in total. The molecule has 0 radical (unpaired) electrons. The van der Waals surface area contributed by atoms with Crippen molar-refractivity contribution in [1.82, 2.24) is 14.5 Å². The highest BCUT2D eigenvalue weighted by molar-refractivity contribution is 6.04. The smallest absolute Gasteiger partial charge is 0.331 e. The number of hydrogen-bond acceptors (Lipinski definition) is 2. The third kappa shape index (κ3) is 1.88. The second kappa shape index (κ2) is 5.08. The Labute approximate surface area is 153 Å². The molecule has 0 fully saturated rings. The summed E-state index contributed by atoms with van der Waals surface area (Å²) in [5, 5.41) is 1.13. The minimum Gasteiger partial charge on any atom is -0.361 e. The first-order chi connectivity index (χ1) is 13.3. The molecule has 3 heterocycles. The molecule has 1 aliphatic rings. The van der Waals surface area contributed by atoms with Crippen molar-refractivity contribution in [1.29, 1.82) is 0 Å². The van der Waals surface area contributed by atoms with Crippen molar-refractivity contribution in [3.63, 3.8) is 0 Å². The lowest BCUT2D eigenvalue weighted by molar-refractivity contribution is 1.02. The van der Waals surface area contributed by atoms with E-state index in [9.17, 15) is 4.79 Å². The number of aliphatic imine (C=N–C) groups is 1. The molecule has 0 amide bonds. The van der Waals surface area contributed by atoms with Gasteiger partial charge in [-0.05, 0) is 18.2 Å². The fraction of sp³-hybridized carbons (Fsp3) is 0. The van der Waals surface area contributed by atoms with Gasteiger partial charge in [0, 0.05) is 40.0 Å². The lowest BCUT2D eigenvalue weighted by Crippen LogP contribution is -2.14. The Hall–Kier alpha value is -3.86. The van der Waals surface area contributed by atoms with E-state index in [0.29, 0.717) is 0 Å². The zero-order chi connectivity index (χ0) is 18.0. The third-order valence-corrected chi connectivity index (χ3v) is 5.20. The monoisotopic (exact) mass is 350 g/mol. The number of fused-ring (bicyclic) bond motifs is 3. The minimum absolute atomic E-state index is 0.153. The Morgan fingerprint density at radius 3 is 2.67 bits per heavy atom. The minimum atomic E-state index is -0.153. The standard InChI is InChI=1S/C22H14N4O/c27-22-25-18-9-3-5-13-11-24-20-15(7-4-10-19(20)26(22)21(13)18)16-12-23-17-8-2-1-6-14(16)17/h1-12,23H,(H,25,27). The zero-order valence-electron chi connectivity index (χ0n) is 14.2. The summed E-state index contributed by atoms with van der Waals surface area (Å²) >= 11 is 0. The number of para-hydroxylation sites is 3. The predicted molar refractivity (Wildman–Crippen MR) is 108 cm³/mol. The second-order valence-corrected chi connectivity index (χ2v) is 6.69. The first-order valence-corrected chi connectivity index (χ1v) is 8.79. The maximum Gasteiger partial charge on any atom is 0.331 e. The normalized spacial score (nSPS) is 12.4. The Balaban J connectivity index is 1.73. The van der Waals surface area contributed by atoms with Crippen LogP contribution in [-0.2, 0) is 0 Å². The molecule has 0 saturated heterocycles. The number of benzene rings is 3. The maximum absolute atomic E-state index is 12.7. The SMILES string of the molecule is O=c1[nH]c2cccc3c2n1-c1cccc(-c2c[nH]c4ccccc24)c1N=C3. The molecular weight excluding hydrogens is 336 g/mol. The van der Waals surface area contributed by atoms with E-state index >= 15 is 0 Å². The number of rotatable bonds is 1. The molecule has 0 spiro atoms. The molecule has 6 rings (SSSR count). The number of imidazole rings is 1. The van der Waals surface area contributed by atoms with E-state index in [2.05, 4.69) is 28.2 Å². The van der Waals surface area contributed by atoms with Crippen molar-refractivity contribution < 1.29 is 0 Å². The molecule has 128 valence electrons. The van der Waals surface area contributed by atoms with Gasteiger partial charge in [-0.1, -0.05) is 42.5 Å². The molecule has 1 aliphatic heterocycles. The van der Waals surface area contributed by atoms with Crippen molar-refractivity contribution in [2.24, 2.45) is 4.99 Å². The van der Waals surface area contributed by atoms with Gasteiger partial charge in [-0.25, -0.2) is 4.79 Å². The number of H-pyrrole nitrogens is 2. The first kappa shape index (κ1) is 14.3. The summed E-state index contributed by atoms with van der Waals surface area (Å²) < 4.78 is 1.73. The van der Waals surface area contributed by atoms with Gasteiger partial charge in [-0.3, -0.25) is 9.56 Å². The number of nitrogens with zero attached hydrogens (tertiary/aromatic N) is 2. The van der Waals surface area contributed by atoms with Gasteiger partial charge in [-0.2, -0.15) is 0 Å². The van der Waals surface area contributed by atoms with Crippen molar-refractivity contribution >= 4 is 33.8 Å². The molecule has 3 aromatic carbocycles. The molecule has 0 bridgehead atoms. The van der Waals surface area contributed by atoms with Crippen molar-refractivity contribution in [2.75, 3.05) is 0 Å². The summed E-state index contributed by atoms with van der Waals surface area (Å²) in [7, 11) is 0. The van der Waals surface area contributed by atoms with Crippen LogP contribution in [0.1, 0.15) is 5.56 Å². The molecule has 27 heavy (non-hydrogen) atoms. The highest BCUT2D eigenvalue weighted by atomic mass is 16.1. The molecule has 5 nitrogen and oxygen atoms in total. The van der Waals surface area contributed by atoms with Gasteiger partial charge < -0.3 is 9.97 Å². The van der Waals surface area contributed by atoms with Crippen LogP contribution >= 0.6 is 0 Å². The zero-order valence-corrected chi connectivity index (χ0v) is 14.2. The topological polar surface area (TPSA) is 65.9 Å². The van der Waals surface area contributed by atoms with Crippen LogP contribution in [0.15, 0.2) is 76.6 Å². The summed E-state index contributed by atoms with van der Waals surface area (Å²) in [6, 6.07) is 20.0. The van der Waals surface area contributed by atoms with E-state index < -0.39 is 0 Å². The van der Waals surface area contributed by atoms with E-state index in [1.807, 2.05) is 54.9 Å². The van der Waals surface area contributed by atoms with Gasteiger partial charge in [0.1, 0.15) is 0 Å². The third-order valence-electron chi connectivity index (χ3n) is 5.20. The fourth-order valence-corrected chi connectivity index (χ4v) is 4.01. The van der Waals surface area contributed by atoms with E-state index in [0.717, 1.165) is 50.0 Å². The quantitative estimate of drug-likeness (QED) is 0.449. The van der Waals surface area contributed by atoms with Crippen LogP contribution in [0.2, 0.25) is 0 Å². The Morgan fingerprint density at radius 2 is 1.70 bits per heavy atom. The van der Waals surface area contributed by atoms with Gasteiger partial charge >= 0.3 is 5.69 Å². The van der Waals surface area contributed by atoms with Gasteiger partial charge in [0.2, 0.25) is 0 Å². The van der Waals surface area contributed by atoms with Crippen LogP contribution in [-0.4, -0.2) is 20.7 Å². The largest absolute Gasteiger partial charge is 0.361 e. The summed E-state index contributed by atoms with van der Waals surface area (Å²) in [5.74, 6) is 0. The second-order valence-electron chi connectivity index (χ2n) is 6.69. The average molecular weight is 350 g/mol. The number of hydrogen-bond donors (Lipinski definition) is 2. The first-order valence-electron chi connectivity index (χ1n) is 8.79. The van der Waals surface area contributed by atoms with Crippen LogP contribution in [0.5, 0.6) is 0 Å². The number of nitrogens with one attached hydrogen (secondary N) is 2. The van der Waals surface area contributed by atoms with Gasteiger partial charge in [-0.15, -0.1) is 0 Å². The summed E-state index contributed by atoms with van der Waals surface area (Å²) in [6.45, 7) is 0. The maximum atomic E-state index is 12.7. The highest BCUT2D eigenvalue weighted by Gasteiger charge is 2.20. The van der Waals surface area contributed by atoms with Crippen molar-refractivity contribution in [2.45, 2.75) is 0 Å². The average Bonchev–Trinajstić information content (AvgIpc) is 3.21. The van der Waals surface area contributed by atoms with Crippen LogP contribution in [0.3, 0.4) is 0 Å². The van der Waals surface area contributed by atoms with Crippen molar-refractivity contribution in [3.05, 3.63) is 82.9 Å². The predicted octanol–water partition coefficient (Wildman–Crippen LogP) is 4.53. The van der Waals surface area contributed by atoms with Crippen LogP contribution in [0.25, 0.3) is 38.8 Å². The Kier molecular flexibility index (Phi) is 2.69.